The van der Waals surface area contributed by atoms with Crippen molar-refractivity contribution in [1.29, 1.82) is 0 Å². The van der Waals surface area contributed by atoms with E-state index in [1.807, 2.05) is 0 Å². The summed E-state index contributed by atoms with van der Waals surface area (Å²) in [5.41, 5.74) is -3.06. The van der Waals surface area contributed by atoms with Gasteiger partial charge >= 0.3 is 6.18 Å². The summed E-state index contributed by atoms with van der Waals surface area (Å²) in [7, 11) is 0. The maximum atomic E-state index is 13.0. The highest BCUT2D eigenvalue weighted by Crippen LogP contribution is 2.44. The highest BCUT2D eigenvalue weighted by molar-refractivity contribution is 4.91. The molecular formula is C7H10F4O. The minimum Gasteiger partial charge on any atom is -0.393 e. The summed E-state index contributed by atoms with van der Waals surface area (Å²) in [5, 5.41) is 8.87. The van der Waals surface area contributed by atoms with Crippen molar-refractivity contribution in [2.45, 2.75) is 43.6 Å². The molecule has 1 N–H and O–H groups in total. The van der Waals surface area contributed by atoms with Crippen molar-refractivity contribution in [1.82, 2.24) is 0 Å². The lowest BCUT2D eigenvalue weighted by molar-refractivity contribution is -0.243. The number of rotatable bonds is 0. The van der Waals surface area contributed by atoms with E-state index in [0.29, 0.717) is 0 Å². The van der Waals surface area contributed by atoms with Crippen LogP contribution in [0.3, 0.4) is 0 Å². The van der Waals surface area contributed by atoms with Crippen LogP contribution in [0.25, 0.3) is 0 Å². The van der Waals surface area contributed by atoms with Gasteiger partial charge in [0.25, 0.3) is 0 Å². The second kappa shape index (κ2) is 2.87. The number of halogens is 4. The Kier molecular flexibility index (Phi) is 2.33. The van der Waals surface area contributed by atoms with Crippen molar-refractivity contribution in [2.75, 3.05) is 0 Å². The standard InChI is InChI=1S/C7H10F4O/c8-6(7(9,10)11)3-1-5(12)2-4-6/h5,12H,1-4H2. The molecule has 5 heteroatoms. The van der Waals surface area contributed by atoms with Crippen LogP contribution in [0.2, 0.25) is 0 Å². The van der Waals surface area contributed by atoms with Gasteiger partial charge in [-0.05, 0) is 25.7 Å². The first-order chi connectivity index (χ1) is 5.35. The molecule has 1 aliphatic rings. The minimum atomic E-state index is -4.78. The monoisotopic (exact) mass is 186 g/mol. The molecule has 1 rings (SSSR count). The zero-order valence-electron chi connectivity index (χ0n) is 6.36. The van der Waals surface area contributed by atoms with E-state index in [0.717, 1.165) is 0 Å². The SMILES string of the molecule is OC1CCC(F)(C(F)(F)F)CC1. The molecule has 0 unspecified atom stereocenters. The molecule has 0 radical (unpaired) electrons. The zero-order valence-corrected chi connectivity index (χ0v) is 6.36. The van der Waals surface area contributed by atoms with E-state index in [4.69, 9.17) is 5.11 Å². The van der Waals surface area contributed by atoms with Gasteiger partial charge < -0.3 is 5.11 Å². The largest absolute Gasteiger partial charge is 0.422 e. The Morgan fingerprint density at radius 1 is 1.17 bits per heavy atom. The predicted molar refractivity (Wildman–Crippen MR) is 34.4 cm³/mol. The lowest BCUT2D eigenvalue weighted by atomic mass is 9.84. The molecule has 0 aromatic rings. The van der Waals surface area contributed by atoms with Gasteiger partial charge in [-0.2, -0.15) is 13.2 Å². The molecule has 0 aromatic heterocycles. The fourth-order valence-corrected chi connectivity index (χ4v) is 1.34. The number of alkyl halides is 4. The number of hydrogen-bond donors (Lipinski definition) is 1. The fourth-order valence-electron chi connectivity index (χ4n) is 1.34. The van der Waals surface area contributed by atoms with E-state index in [2.05, 4.69) is 0 Å². The lowest BCUT2D eigenvalue weighted by Gasteiger charge is -2.33. The Hall–Kier alpha value is -0.320. The summed E-state index contributed by atoms with van der Waals surface area (Å²) in [6.07, 6.45) is -6.98. The third-order valence-electron chi connectivity index (χ3n) is 2.26. The van der Waals surface area contributed by atoms with Crippen LogP contribution in [0.4, 0.5) is 17.6 Å². The van der Waals surface area contributed by atoms with Crippen LogP contribution in [-0.4, -0.2) is 23.1 Å². The normalized spacial score (nSPS) is 38.2. The van der Waals surface area contributed by atoms with Crippen LogP contribution < -0.4 is 0 Å². The molecule has 0 aliphatic heterocycles. The van der Waals surface area contributed by atoms with Crippen molar-refractivity contribution in [3.8, 4) is 0 Å². The Bertz CT molecular complexity index is 157. The molecule has 0 saturated heterocycles. The first-order valence-electron chi connectivity index (χ1n) is 3.79. The van der Waals surface area contributed by atoms with E-state index in [1.165, 1.54) is 0 Å². The number of hydrogen-bond acceptors (Lipinski definition) is 1. The number of aliphatic hydroxyl groups is 1. The topological polar surface area (TPSA) is 20.2 Å². The van der Waals surface area contributed by atoms with E-state index in [1.54, 1.807) is 0 Å². The van der Waals surface area contributed by atoms with Gasteiger partial charge in [0.2, 0.25) is 5.67 Å². The average molecular weight is 186 g/mol. The Morgan fingerprint density at radius 2 is 1.58 bits per heavy atom. The van der Waals surface area contributed by atoms with Crippen LogP contribution in [0.5, 0.6) is 0 Å². The fraction of sp³-hybridized carbons (Fsp3) is 1.00. The van der Waals surface area contributed by atoms with Gasteiger partial charge in [-0.15, -0.1) is 0 Å². The quantitative estimate of drug-likeness (QED) is 0.575. The predicted octanol–water partition coefficient (Wildman–Crippen LogP) is 2.19. The Labute approximate surface area is 67.4 Å². The summed E-state index contributed by atoms with van der Waals surface area (Å²) in [6, 6.07) is 0. The summed E-state index contributed by atoms with van der Waals surface area (Å²) in [5.74, 6) is 0. The van der Waals surface area contributed by atoms with E-state index in [9.17, 15) is 17.6 Å². The van der Waals surface area contributed by atoms with Gasteiger partial charge in [0.15, 0.2) is 0 Å². The van der Waals surface area contributed by atoms with E-state index < -0.39 is 30.8 Å². The van der Waals surface area contributed by atoms with Crippen LogP contribution in [0.15, 0.2) is 0 Å². The van der Waals surface area contributed by atoms with Gasteiger partial charge in [0, 0.05) is 0 Å². The maximum Gasteiger partial charge on any atom is 0.422 e. The van der Waals surface area contributed by atoms with Crippen molar-refractivity contribution in [3.05, 3.63) is 0 Å². The van der Waals surface area contributed by atoms with Crippen LogP contribution >= 0.6 is 0 Å². The molecule has 0 heterocycles. The van der Waals surface area contributed by atoms with E-state index in [-0.39, 0.29) is 12.8 Å². The molecule has 1 fully saturated rings. The van der Waals surface area contributed by atoms with Gasteiger partial charge in [0.1, 0.15) is 0 Å². The lowest BCUT2D eigenvalue weighted by Crippen LogP contribution is -2.44. The second-order valence-electron chi connectivity index (χ2n) is 3.19. The van der Waals surface area contributed by atoms with Crippen LogP contribution in [0, 0.1) is 0 Å². The summed E-state index contributed by atoms with van der Waals surface area (Å²) < 4.78 is 49.0. The van der Waals surface area contributed by atoms with Crippen LogP contribution in [-0.2, 0) is 0 Å². The summed E-state index contributed by atoms with van der Waals surface area (Å²) in [6.45, 7) is 0. The first-order valence-corrected chi connectivity index (χ1v) is 3.79. The molecule has 0 bridgehead atoms. The number of aliphatic hydroxyl groups excluding tert-OH is 1. The third-order valence-corrected chi connectivity index (χ3v) is 2.26. The zero-order chi connectivity index (χ0) is 9.41. The van der Waals surface area contributed by atoms with Crippen molar-refractivity contribution in [2.24, 2.45) is 0 Å². The van der Waals surface area contributed by atoms with Crippen molar-refractivity contribution in [3.63, 3.8) is 0 Å². The molecule has 1 nitrogen and oxygen atoms in total. The maximum absolute atomic E-state index is 13.0. The molecular weight excluding hydrogens is 176 g/mol. The van der Waals surface area contributed by atoms with Crippen LogP contribution in [0.1, 0.15) is 25.7 Å². The summed E-state index contributed by atoms with van der Waals surface area (Å²) in [4.78, 5) is 0. The minimum absolute atomic E-state index is 0.101. The molecule has 0 atom stereocenters. The molecule has 1 saturated carbocycles. The molecule has 0 amide bonds. The van der Waals surface area contributed by atoms with Crippen molar-refractivity contribution < 1.29 is 22.7 Å². The molecule has 1 aliphatic carbocycles. The summed E-state index contributed by atoms with van der Waals surface area (Å²) >= 11 is 0. The smallest absolute Gasteiger partial charge is 0.393 e. The van der Waals surface area contributed by atoms with Gasteiger partial charge in [-0.3, -0.25) is 0 Å². The Morgan fingerprint density at radius 3 is 1.92 bits per heavy atom. The highest BCUT2D eigenvalue weighted by atomic mass is 19.4. The first kappa shape index (κ1) is 9.77. The van der Waals surface area contributed by atoms with Gasteiger partial charge in [-0.25, -0.2) is 4.39 Å². The Balaban J connectivity index is 2.62. The molecule has 12 heavy (non-hydrogen) atoms. The second-order valence-corrected chi connectivity index (χ2v) is 3.19. The highest BCUT2D eigenvalue weighted by Gasteiger charge is 2.56. The van der Waals surface area contributed by atoms with Gasteiger partial charge in [-0.1, -0.05) is 0 Å². The van der Waals surface area contributed by atoms with Gasteiger partial charge in [0.05, 0.1) is 6.10 Å². The molecule has 0 aromatic carbocycles. The average Bonchev–Trinajstić information content (AvgIpc) is 1.93. The van der Waals surface area contributed by atoms with Crippen molar-refractivity contribution >= 4 is 0 Å². The molecule has 0 spiro atoms. The third kappa shape index (κ3) is 1.71. The van der Waals surface area contributed by atoms with E-state index >= 15 is 0 Å². The molecule has 72 valence electrons.